The molecule has 3 rings (SSSR count). The van der Waals surface area contributed by atoms with E-state index in [2.05, 4.69) is 25.3 Å². The molecule has 0 saturated carbocycles. The molecule has 27 heavy (non-hydrogen) atoms. The lowest BCUT2D eigenvalue weighted by atomic mass is 10.1. The van der Waals surface area contributed by atoms with E-state index >= 15 is 0 Å². The van der Waals surface area contributed by atoms with Gasteiger partial charge in [0.1, 0.15) is 5.69 Å². The number of nitrogens with zero attached hydrogens (tertiary/aromatic N) is 3. The molecule has 0 fully saturated rings. The molecule has 2 N–H and O–H groups in total. The van der Waals surface area contributed by atoms with Crippen LogP contribution in [0.25, 0.3) is 11.5 Å². The van der Waals surface area contributed by atoms with Crippen LogP contribution in [0.15, 0.2) is 59.8 Å². The summed E-state index contributed by atoms with van der Waals surface area (Å²) in [7, 11) is 0. The summed E-state index contributed by atoms with van der Waals surface area (Å²) in [5.74, 6) is 0.963. The highest BCUT2D eigenvalue weighted by Crippen LogP contribution is 2.19. The van der Waals surface area contributed by atoms with E-state index < -0.39 is 0 Å². The summed E-state index contributed by atoms with van der Waals surface area (Å²) >= 11 is 1.66. The summed E-state index contributed by atoms with van der Waals surface area (Å²) in [6, 6.07) is 9.71. The van der Waals surface area contributed by atoms with E-state index in [0.29, 0.717) is 29.2 Å². The second-order valence-electron chi connectivity index (χ2n) is 5.78. The van der Waals surface area contributed by atoms with Crippen molar-refractivity contribution in [2.45, 2.75) is 12.5 Å². The van der Waals surface area contributed by atoms with Gasteiger partial charge in [0.2, 0.25) is 0 Å². The lowest BCUT2D eigenvalue weighted by molar-refractivity contribution is 0.0935. The fourth-order valence-electron chi connectivity index (χ4n) is 2.55. The first-order valence-electron chi connectivity index (χ1n) is 8.40. The molecule has 1 amide bonds. The molecule has 3 aromatic rings. The first kappa shape index (κ1) is 18.8. The Hall–Kier alpha value is -3.00. The van der Waals surface area contributed by atoms with Gasteiger partial charge in [0.05, 0.1) is 11.7 Å². The van der Waals surface area contributed by atoms with Gasteiger partial charge >= 0.3 is 0 Å². The van der Waals surface area contributed by atoms with Gasteiger partial charge in [0, 0.05) is 30.2 Å². The maximum Gasteiger partial charge on any atom is 0.251 e. The molecule has 8 heteroatoms. The van der Waals surface area contributed by atoms with Crippen LogP contribution >= 0.6 is 11.8 Å². The molecule has 3 aromatic heterocycles. The van der Waals surface area contributed by atoms with E-state index in [1.807, 2.05) is 12.3 Å². The van der Waals surface area contributed by atoms with Crippen LogP contribution < -0.4 is 10.9 Å². The fourth-order valence-corrected chi connectivity index (χ4v) is 3.03. The van der Waals surface area contributed by atoms with Crippen molar-refractivity contribution in [1.82, 2.24) is 25.3 Å². The molecular formula is C19H19N5O2S. The number of hydrogen-bond donors (Lipinski definition) is 2. The topological polar surface area (TPSA) is 101 Å². The first-order valence-corrected chi connectivity index (χ1v) is 9.79. The number of H-pyrrole nitrogens is 1. The third-order valence-electron chi connectivity index (χ3n) is 3.88. The maximum atomic E-state index is 12.6. The fraction of sp³-hybridized carbons (Fsp3) is 0.211. The van der Waals surface area contributed by atoms with Crippen LogP contribution in [0.1, 0.15) is 28.5 Å². The molecule has 3 heterocycles. The van der Waals surface area contributed by atoms with Gasteiger partial charge in [0.25, 0.3) is 11.5 Å². The number of hydrogen-bond acceptors (Lipinski definition) is 6. The number of carbonyl (C=O) groups is 1. The molecule has 0 radical (unpaired) electrons. The number of nitrogens with one attached hydrogen (secondary N) is 2. The summed E-state index contributed by atoms with van der Waals surface area (Å²) in [6.07, 6.45) is 7.41. The van der Waals surface area contributed by atoms with Crippen molar-refractivity contribution < 1.29 is 4.79 Å². The van der Waals surface area contributed by atoms with Crippen molar-refractivity contribution in [2.24, 2.45) is 0 Å². The molecule has 0 aromatic carbocycles. The van der Waals surface area contributed by atoms with Crippen LogP contribution in [0.3, 0.4) is 0 Å². The van der Waals surface area contributed by atoms with E-state index in [1.165, 1.54) is 6.07 Å². The second-order valence-corrected chi connectivity index (χ2v) is 6.76. The Morgan fingerprint density at radius 1 is 1.22 bits per heavy atom. The van der Waals surface area contributed by atoms with Gasteiger partial charge in [-0.15, -0.1) is 0 Å². The quantitative estimate of drug-likeness (QED) is 0.652. The average Bonchev–Trinajstić information content (AvgIpc) is 2.71. The minimum atomic E-state index is -0.386. The Kier molecular flexibility index (Phi) is 6.32. The number of aromatic nitrogens is 4. The minimum absolute atomic E-state index is 0.232. The predicted octanol–water partition coefficient (Wildman–Crippen LogP) is 2.45. The number of carbonyl (C=O) groups excluding carboxylic acids is 1. The minimum Gasteiger partial charge on any atom is -0.344 e. The average molecular weight is 381 g/mol. The Bertz CT molecular complexity index is 947. The number of thioether (sulfide) groups is 1. The second kappa shape index (κ2) is 9.09. The van der Waals surface area contributed by atoms with Gasteiger partial charge in [0.15, 0.2) is 5.82 Å². The third-order valence-corrected chi connectivity index (χ3v) is 4.53. The summed E-state index contributed by atoms with van der Waals surface area (Å²) in [5, 5.41) is 2.97. The number of pyridine rings is 2. The first-order chi connectivity index (χ1) is 13.2. The van der Waals surface area contributed by atoms with Gasteiger partial charge in [-0.2, -0.15) is 11.8 Å². The van der Waals surface area contributed by atoms with Gasteiger partial charge < -0.3 is 10.3 Å². The molecule has 138 valence electrons. The van der Waals surface area contributed by atoms with Crippen molar-refractivity contribution in [1.29, 1.82) is 0 Å². The summed E-state index contributed by atoms with van der Waals surface area (Å²) in [5.41, 5.74) is 1.30. The van der Waals surface area contributed by atoms with Crippen LogP contribution in [0, 0.1) is 0 Å². The van der Waals surface area contributed by atoms with Crippen molar-refractivity contribution >= 4 is 17.7 Å². The molecule has 0 saturated heterocycles. The van der Waals surface area contributed by atoms with Crippen molar-refractivity contribution in [3.63, 3.8) is 0 Å². The Morgan fingerprint density at radius 3 is 2.74 bits per heavy atom. The van der Waals surface area contributed by atoms with Crippen LogP contribution in [0.4, 0.5) is 0 Å². The van der Waals surface area contributed by atoms with E-state index in [0.717, 1.165) is 5.75 Å². The van der Waals surface area contributed by atoms with Gasteiger partial charge in [-0.1, -0.05) is 6.07 Å². The molecule has 0 aliphatic heterocycles. The molecule has 7 nitrogen and oxygen atoms in total. The Balaban J connectivity index is 1.91. The van der Waals surface area contributed by atoms with Crippen LogP contribution in [0.5, 0.6) is 0 Å². The Morgan fingerprint density at radius 2 is 2.04 bits per heavy atom. The van der Waals surface area contributed by atoms with Gasteiger partial charge in [-0.05, 0) is 42.7 Å². The van der Waals surface area contributed by atoms with E-state index in [1.54, 1.807) is 54.6 Å². The predicted molar refractivity (Wildman–Crippen MR) is 106 cm³/mol. The molecule has 0 unspecified atom stereocenters. The van der Waals surface area contributed by atoms with Gasteiger partial charge in [-0.25, -0.2) is 4.98 Å². The highest BCUT2D eigenvalue weighted by molar-refractivity contribution is 7.98. The summed E-state index contributed by atoms with van der Waals surface area (Å²) in [4.78, 5) is 40.1. The monoisotopic (exact) mass is 381 g/mol. The molecular weight excluding hydrogens is 362 g/mol. The van der Waals surface area contributed by atoms with Crippen molar-refractivity contribution in [3.05, 3.63) is 76.6 Å². The molecule has 0 bridgehead atoms. The maximum absolute atomic E-state index is 12.6. The van der Waals surface area contributed by atoms with Crippen LogP contribution in [-0.2, 0) is 0 Å². The number of aromatic amines is 1. The van der Waals surface area contributed by atoms with E-state index in [-0.39, 0.29) is 17.5 Å². The van der Waals surface area contributed by atoms with Gasteiger partial charge in [-0.3, -0.25) is 19.6 Å². The molecule has 0 aliphatic rings. The van der Waals surface area contributed by atoms with E-state index in [4.69, 9.17) is 0 Å². The zero-order valence-electron chi connectivity index (χ0n) is 14.8. The highest BCUT2D eigenvalue weighted by atomic mass is 32.2. The third kappa shape index (κ3) is 5.01. The summed E-state index contributed by atoms with van der Waals surface area (Å²) < 4.78 is 0. The molecule has 0 spiro atoms. The van der Waals surface area contributed by atoms with E-state index in [9.17, 15) is 9.59 Å². The summed E-state index contributed by atoms with van der Waals surface area (Å²) in [6.45, 7) is 0. The lowest BCUT2D eigenvalue weighted by Crippen LogP contribution is -2.30. The smallest absolute Gasteiger partial charge is 0.251 e. The van der Waals surface area contributed by atoms with Crippen molar-refractivity contribution in [3.8, 4) is 11.5 Å². The largest absolute Gasteiger partial charge is 0.344 e. The molecule has 1 atom stereocenters. The molecule has 0 aliphatic carbocycles. The lowest BCUT2D eigenvalue weighted by Gasteiger charge is -2.18. The number of amides is 1. The standard InChI is InChI=1S/C19H19N5O2S/c1-27-11-7-14(23-19(26)13-5-9-20-10-6-13)16-12-17(25)24-18(22-16)15-4-2-3-8-21-15/h2-6,8-10,12,14H,7,11H2,1H3,(H,23,26)(H,22,24,25)/t14-/m1/s1. The highest BCUT2D eigenvalue weighted by Gasteiger charge is 2.19. The van der Waals surface area contributed by atoms with Crippen LogP contribution in [-0.4, -0.2) is 37.9 Å². The Labute approximate surface area is 160 Å². The zero-order valence-corrected chi connectivity index (χ0v) is 15.6. The van der Waals surface area contributed by atoms with Crippen LogP contribution in [0.2, 0.25) is 0 Å². The normalized spacial score (nSPS) is 11.7. The van der Waals surface area contributed by atoms with Crippen molar-refractivity contribution in [2.75, 3.05) is 12.0 Å². The number of rotatable bonds is 7. The zero-order chi connectivity index (χ0) is 19.1. The SMILES string of the molecule is CSCC[C@@H](NC(=O)c1ccncc1)c1cc(=O)[nH]c(-c2ccccn2)n1.